The second-order valence-corrected chi connectivity index (χ2v) is 6.66. The van der Waals surface area contributed by atoms with Gasteiger partial charge in [0.1, 0.15) is 0 Å². The minimum atomic E-state index is 0.624. The van der Waals surface area contributed by atoms with Gasteiger partial charge in [-0.3, -0.25) is 0 Å². The largest absolute Gasteiger partial charge is 0.0581 e. The topological polar surface area (TPSA) is 0 Å². The third-order valence-corrected chi connectivity index (χ3v) is 5.57. The quantitative estimate of drug-likeness (QED) is 0.311. The van der Waals surface area contributed by atoms with Crippen LogP contribution in [0.5, 0.6) is 0 Å². The first-order valence-corrected chi connectivity index (χ1v) is 7.77. The second-order valence-electron chi connectivity index (χ2n) is 6.66. The molecule has 0 aliphatic heterocycles. The van der Waals surface area contributed by atoms with E-state index in [4.69, 9.17) is 0 Å². The van der Waals surface area contributed by atoms with Gasteiger partial charge in [-0.2, -0.15) is 0 Å². The first kappa shape index (κ1) is 10.4. The summed E-state index contributed by atoms with van der Waals surface area (Å²) in [7, 11) is 0. The molecule has 0 spiro atoms. The normalized spacial score (nSPS) is 18.0. The van der Waals surface area contributed by atoms with Gasteiger partial charge in [-0.05, 0) is 66.9 Å². The number of hydrogen-bond donors (Lipinski definition) is 0. The Hall–Kier alpha value is -2.34. The molecule has 4 aromatic carbocycles. The van der Waals surface area contributed by atoms with Gasteiger partial charge in [0.2, 0.25) is 0 Å². The van der Waals surface area contributed by atoms with Crippen molar-refractivity contribution in [1.82, 2.24) is 0 Å². The Balaban J connectivity index is 2.09. The van der Waals surface area contributed by atoms with E-state index in [1.165, 1.54) is 44.3 Å². The lowest BCUT2D eigenvalue weighted by molar-refractivity contribution is 0.752. The third-order valence-electron chi connectivity index (χ3n) is 5.57. The zero-order valence-electron chi connectivity index (χ0n) is 11.9. The monoisotopic (exact) mass is 266 g/mol. The lowest BCUT2D eigenvalue weighted by Gasteiger charge is -2.25. The van der Waals surface area contributed by atoms with Gasteiger partial charge >= 0.3 is 0 Å². The maximum Gasteiger partial charge on any atom is -0.00141 e. The Morgan fingerprint density at radius 2 is 1.24 bits per heavy atom. The van der Waals surface area contributed by atoms with E-state index in [1.807, 2.05) is 0 Å². The number of hydrogen-bond acceptors (Lipinski definition) is 0. The highest BCUT2D eigenvalue weighted by molar-refractivity contribution is 6.34. The van der Waals surface area contributed by atoms with Gasteiger partial charge in [0, 0.05) is 0 Å². The smallest absolute Gasteiger partial charge is 0.00141 e. The van der Waals surface area contributed by atoms with Crippen LogP contribution in [-0.2, 0) is 6.42 Å². The molecule has 4 aromatic rings. The molecule has 0 bridgehead atoms. The van der Waals surface area contributed by atoms with Crippen molar-refractivity contribution in [3.8, 4) is 11.1 Å². The Bertz CT molecular complexity index is 1110. The van der Waals surface area contributed by atoms with Gasteiger partial charge in [-0.25, -0.2) is 0 Å². The molecule has 1 atom stereocenters. The third kappa shape index (κ3) is 1.00. The molecule has 0 aromatic heterocycles. The van der Waals surface area contributed by atoms with Crippen LogP contribution in [0.1, 0.15) is 24.0 Å². The molecule has 0 fully saturated rings. The zero-order valence-corrected chi connectivity index (χ0v) is 11.9. The van der Waals surface area contributed by atoms with E-state index >= 15 is 0 Å². The SMILES string of the molecule is CC1Cc2ccc3ccc4ccc5ccc1c1c5c4c3c2-1. The summed E-state index contributed by atoms with van der Waals surface area (Å²) in [5.41, 5.74) is 6.17. The average Bonchev–Trinajstić information content (AvgIpc) is 2.88. The molecule has 0 nitrogen and oxygen atoms in total. The van der Waals surface area contributed by atoms with Crippen molar-refractivity contribution < 1.29 is 0 Å². The predicted octanol–water partition coefficient (Wildman–Crippen LogP) is 5.79. The van der Waals surface area contributed by atoms with Gasteiger partial charge in [-0.1, -0.05) is 55.5 Å². The van der Waals surface area contributed by atoms with Gasteiger partial charge in [0.15, 0.2) is 0 Å². The summed E-state index contributed by atoms with van der Waals surface area (Å²) in [6.45, 7) is 2.37. The van der Waals surface area contributed by atoms with Crippen molar-refractivity contribution in [2.75, 3.05) is 0 Å². The van der Waals surface area contributed by atoms with Crippen molar-refractivity contribution in [1.29, 1.82) is 0 Å². The fourth-order valence-electron chi connectivity index (χ4n) is 4.68. The summed E-state index contributed by atoms with van der Waals surface area (Å²) in [5.74, 6) is 0.624. The van der Waals surface area contributed by atoms with Gasteiger partial charge in [0.25, 0.3) is 0 Å². The Kier molecular flexibility index (Phi) is 1.54. The fourth-order valence-corrected chi connectivity index (χ4v) is 4.68. The van der Waals surface area contributed by atoms with Crippen LogP contribution in [0, 0.1) is 0 Å². The molecule has 2 aliphatic carbocycles. The molecule has 0 radical (unpaired) electrons. The molecular weight excluding hydrogens is 252 g/mol. The molecule has 0 heterocycles. The van der Waals surface area contributed by atoms with Crippen LogP contribution in [0.15, 0.2) is 48.5 Å². The van der Waals surface area contributed by atoms with Crippen molar-refractivity contribution in [3.63, 3.8) is 0 Å². The summed E-state index contributed by atoms with van der Waals surface area (Å²) < 4.78 is 0. The van der Waals surface area contributed by atoms with E-state index in [0.717, 1.165) is 0 Å². The van der Waals surface area contributed by atoms with Crippen molar-refractivity contribution in [2.24, 2.45) is 0 Å². The van der Waals surface area contributed by atoms with Crippen molar-refractivity contribution >= 4 is 32.3 Å². The van der Waals surface area contributed by atoms with Crippen LogP contribution in [0.4, 0.5) is 0 Å². The highest BCUT2D eigenvalue weighted by Crippen LogP contribution is 2.54. The van der Waals surface area contributed by atoms with Crippen LogP contribution in [0.2, 0.25) is 0 Å². The fraction of sp³-hybridized carbons (Fsp3) is 0.143. The summed E-state index contributed by atoms with van der Waals surface area (Å²) >= 11 is 0. The predicted molar refractivity (Wildman–Crippen MR) is 90.1 cm³/mol. The van der Waals surface area contributed by atoms with Crippen LogP contribution in [0.3, 0.4) is 0 Å². The van der Waals surface area contributed by atoms with E-state index < -0.39 is 0 Å². The van der Waals surface area contributed by atoms with Crippen LogP contribution < -0.4 is 0 Å². The lowest BCUT2D eigenvalue weighted by atomic mass is 9.79. The second kappa shape index (κ2) is 3.12. The average molecular weight is 266 g/mol. The van der Waals surface area contributed by atoms with E-state index in [2.05, 4.69) is 55.5 Å². The molecule has 0 amide bonds. The van der Waals surface area contributed by atoms with E-state index in [0.29, 0.717) is 5.92 Å². The first-order valence-electron chi connectivity index (χ1n) is 7.77. The minimum Gasteiger partial charge on any atom is -0.0581 e. The van der Waals surface area contributed by atoms with Gasteiger partial charge in [0.05, 0.1) is 0 Å². The van der Waals surface area contributed by atoms with E-state index in [9.17, 15) is 0 Å². The van der Waals surface area contributed by atoms with Crippen LogP contribution in [0.25, 0.3) is 43.4 Å². The Morgan fingerprint density at radius 3 is 2.00 bits per heavy atom. The van der Waals surface area contributed by atoms with E-state index in [-0.39, 0.29) is 0 Å². The first-order chi connectivity index (χ1) is 10.3. The molecule has 21 heavy (non-hydrogen) atoms. The highest BCUT2D eigenvalue weighted by Gasteiger charge is 2.30. The van der Waals surface area contributed by atoms with Crippen molar-refractivity contribution in [3.05, 3.63) is 59.7 Å². The molecule has 0 N–H and O–H groups in total. The molecule has 6 rings (SSSR count). The maximum absolute atomic E-state index is 2.37. The van der Waals surface area contributed by atoms with Crippen LogP contribution in [-0.4, -0.2) is 0 Å². The minimum absolute atomic E-state index is 0.624. The maximum atomic E-state index is 2.37. The summed E-state index contributed by atoms with van der Waals surface area (Å²) in [5, 5.41) is 8.68. The molecule has 98 valence electrons. The summed E-state index contributed by atoms with van der Waals surface area (Å²) in [6.07, 6.45) is 1.17. The lowest BCUT2D eigenvalue weighted by Crippen LogP contribution is -2.07. The summed E-state index contributed by atoms with van der Waals surface area (Å²) in [6, 6.07) is 18.5. The molecule has 0 heteroatoms. The molecule has 0 saturated carbocycles. The molecule has 1 unspecified atom stereocenters. The molecular formula is C21H14. The molecule has 2 aliphatic rings. The Morgan fingerprint density at radius 1 is 0.667 bits per heavy atom. The number of rotatable bonds is 0. The molecule has 0 saturated heterocycles. The van der Waals surface area contributed by atoms with Gasteiger partial charge < -0.3 is 0 Å². The Labute approximate surface area is 123 Å². The standard InChI is InChI=1S/C21H14/c1-11-10-15-7-6-13-3-2-12-4-5-14-8-9-16(11)21-19(14)17(12)18(13)20(15)21/h2-9,11H,10H2,1H3. The van der Waals surface area contributed by atoms with E-state index in [1.54, 1.807) is 16.7 Å². The van der Waals surface area contributed by atoms with Gasteiger partial charge in [-0.15, -0.1) is 0 Å². The highest BCUT2D eigenvalue weighted by atomic mass is 14.3. The number of benzene rings is 4. The summed E-state index contributed by atoms with van der Waals surface area (Å²) in [4.78, 5) is 0. The zero-order chi connectivity index (χ0) is 13.7. The van der Waals surface area contributed by atoms with Crippen LogP contribution >= 0.6 is 0 Å². The van der Waals surface area contributed by atoms with Crippen molar-refractivity contribution in [2.45, 2.75) is 19.3 Å².